The predicted molar refractivity (Wildman–Crippen MR) is 86.3 cm³/mol. The SMILES string of the molecule is O=S(=O)(CCc1ccccc1)Oc1cccc2cccnc12. The van der Waals surface area contributed by atoms with Crippen molar-refractivity contribution in [1.29, 1.82) is 0 Å². The van der Waals surface area contributed by atoms with Crippen LogP contribution < -0.4 is 4.18 Å². The van der Waals surface area contributed by atoms with Crippen molar-refractivity contribution in [2.45, 2.75) is 6.42 Å². The van der Waals surface area contributed by atoms with Gasteiger partial charge in [-0.1, -0.05) is 48.5 Å². The summed E-state index contributed by atoms with van der Waals surface area (Å²) >= 11 is 0. The number of pyridine rings is 1. The van der Waals surface area contributed by atoms with Crippen molar-refractivity contribution in [2.75, 3.05) is 5.75 Å². The minimum Gasteiger partial charge on any atom is -0.380 e. The minimum absolute atomic E-state index is 0.0692. The van der Waals surface area contributed by atoms with E-state index in [1.807, 2.05) is 42.5 Å². The maximum absolute atomic E-state index is 12.2. The van der Waals surface area contributed by atoms with E-state index in [0.29, 0.717) is 11.9 Å². The smallest absolute Gasteiger partial charge is 0.309 e. The maximum Gasteiger partial charge on any atom is 0.309 e. The van der Waals surface area contributed by atoms with Gasteiger partial charge in [-0.15, -0.1) is 0 Å². The van der Waals surface area contributed by atoms with Crippen molar-refractivity contribution in [1.82, 2.24) is 4.98 Å². The first-order valence-corrected chi connectivity index (χ1v) is 8.52. The molecule has 2 aromatic carbocycles. The molecule has 0 bridgehead atoms. The molecule has 0 aliphatic heterocycles. The van der Waals surface area contributed by atoms with Crippen LogP contribution in [0.4, 0.5) is 0 Å². The van der Waals surface area contributed by atoms with E-state index in [4.69, 9.17) is 4.18 Å². The van der Waals surface area contributed by atoms with Crippen LogP contribution in [-0.4, -0.2) is 19.2 Å². The van der Waals surface area contributed by atoms with Gasteiger partial charge in [-0.25, -0.2) is 0 Å². The van der Waals surface area contributed by atoms with Crippen LogP contribution in [0.15, 0.2) is 66.9 Å². The standard InChI is InChI=1S/C17H15NO3S/c19-22(20,13-11-14-6-2-1-3-7-14)21-16-10-4-8-15-9-5-12-18-17(15)16/h1-10,12H,11,13H2. The molecule has 1 heterocycles. The molecule has 1 aromatic heterocycles. The van der Waals surface area contributed by atoms with Crippen LogP contribution in [0.1, 0.15) is 5.56 Å². The van der Waals surface area contributed by atoms with Gasteiger partial charge < -0.3 is 4.18 Å². The summed E-state index contributed by atoms with van der Waals surface area (Å²) in [4.78, 5) is 4.19. The van der Waals surface area contributed by atoms with E-state index in [1.54, 1.807) is 24.4 Å². The quantitative estimate of drug-likeness (QED) is 0.679. The average molecular weight is 313 g/mol. The van der Waals surface area contributed by atoms with Crippen molar-refractivity contribution >= 4 is 21.0 Å². The number of fused-ring (bicyclic) bond motifs is 1. The summed E-state index contributed by atoms with van der Waals surface area (Å²) < 4.78 is 29.6. The number of aryl methyl sites for hydroxylation is 1. The van der Waals surface area contributed by atoms with Gasteiger partial charge >= 0.3 is 10.1 Å². The Morgan fingerprint density at radius 1 is 0.909 bits per heavy atom. The number of nitrogens with zero attached hydrogens (tertiary/aromatic N) is 1. The van der Waals surface area contributed by atoms with E-state index < -0.39 is 10.1 Å². The zero-order valence-electron chi connectivity index (χ0n) is 11.8. The molecule has 0 aliphatic carbocycles. The van der Waals surface area contributed by atoms with Crippen LogP contribution in [0.25, 0.3) is 10.9 Å². The molecular weight excluding hydrogens is 298 g/mol. The van der Waals surface area contributed by atoms with Gasteiger partial charge in [0, 0.05) is 11.6 Å². The fourth-order valence-electron chi connectivity index (χ4n) is 2.21. The summed E-state index contributed by atoms with van der Waals surface area (Å²) in [5.41, 5.74) is 1.51. The Hall–Kier alpha value is -2.40. The number of benzene rings is 2. The first-order chi connectivity index (χ1) is 10.6. The normalized spacial score (nSPS) is 11.5. The van der Waals surface area contributed by atoms with Gasteiger partial charge in [-0.05, 0) is 24.1 Å². The molecule has 3 aromatic rings. The largest absolute Gasteiger partial charge is 0.380 e. The molecule has 112 valence electrons. The molecule has 22 heavy (non-hydrogen) atoms. The summed E-state index contributed by atoms with van der Waals surface area (Å²) in [6.45, 7) is 0. The second-order valence-electron chi connectivity index (χ2n) is 4.91. The first-order valence-electron chi connectivity index (χ1n) is 6.94. The summed E-state index contributed by atoms with van der Waals surface area (Å²) in [6.07, 6.45) is 2.03. The van der Waals surface area contributed by atoms with Gasteiger partial charge in [-0.3, -0.25) is 4.98 Å². The fraction of sp³-hybridized carbons (Fsp3) is 0.118. The monoisotopic (exact) mass is 313 g/mol. The highest BCUT2D eigenvalue weighted by Crippen LogP contribution is 2.24. The van der Waals surface area contributed by atoms with Crippen LogP contribution in [0.3, 0.4) is 0 Å². The summed E-state index contributed by atoms with van der Waals surface area (Å²) in [5.74, 6) is 0.200. The number of para-hydroxylation sites is 1. The van der Waals surface area contributed by atoms with E-state index in [2.05, 4.69) is 4.98 Å². The Labute approximate surface area is 129 Å². The van der Waals surface area contributed by atoms with Crippen LogP contribution in [0.5, 0.6) is 5.75 Å². The second-order valence-corrected chi connectivity index (χ2v) is 6.60. The maximum atomic E-state index is 12.2. The van der Waals surface area contributed by atoms with Crippen LogP contribution >= 0.6 is 0 Å². The highest BCUT2D eigenvalue weighted by atomic mass is 32.2. The molecule has 0 saturated carbocycles. The number of hydrogen-bond acceptors (Lipinski definition) is 4. The molecule has 0 unspecified atom stereocenters. The first kappa shape index (κ1) is 14.5. The predicted octanol–water partition coefficient (Wildman–Crippen LogP) is 3.19. The highest BCUT2D eigenvalue weighted by Gasteiger charge is 2.15. The van der Waals surface area contributed by atoms with E-state index >= 15 is 0 Å². The molecule has 3 rings (SSSR count). The number of rotatable bonds is 5. The van der Waals surface area contributed by atoms with Gasteiger partial charge in [0.2, 0.25) is 0 Å². The molecule has 4 nitrogen and oxygen atoms in total. The lowest BCUT2D eigenvalue weighted by atomic mass is 10.2. The van der Waals surface area contributed by atoms with Crippen molar-refractivity contribution < 1.29 is 12.6 Å². The molecule has 5 heteroatoms. The lowest BCUT2D eigenvalue weighted by molar-refractivity contribution is 0.487. The Bertz CT molecular complexity index is 871. The Balaban J connectivity index is 1.78. The second kappa shape index (κ2) is 6.15. The van der Waals surface area contributed by atoms with E-state index in [-0.39, 0.29) is 11.5 Å². The van der Waals surface area contributed by atoms with Crippen LogP contribution in [0, 0.1) is 0 Å². The number of hydrogen-bond donors (Lipinski definition) is 0. The van der Waals surface area contributed by atoms with Crippen molar-refractivity contribution in [3.05, 3.63) is 72.4 Å². The molecule has 0 atom stereocenters. The third-order valence-electron chi connectivity index (χ3n) is 3.30. The fourth-order valence-corrected chi connectivity index (χ4v) is 3.19. The summed E-state index contributed by atoms with van der Waals surface area (Å²) in [5, 5.41) is 0.846. The van der Waals surface area contributed by atoms with Gasteiger partial charge in [0.15, 0.2) is 5.75 Å². The van der Waals surface area contributed by atoms with Gasteiger partial charge in [-0.2, -0.15) is 8.42 Å². The molecule has 0 N–H and O–H groups in total. The molecule has 0 fully saturated rings. The van der Waals surface area contributed by atoms with Crippen LogP contribution in [0.2, 0.25) is 0 Å². The summed E-state index contributed by atoms with van der Waals surface area (Å²) in [6, 6.07) is 18.4. The topological polar surface area (TPSA) is 56.3 Å². The third-order valence-corrected chi connectivity index (χ3v) is 4.43. The molecule has 0 spiro atoms. The molecule has 0 radical (unpaired) electrons. The van der Waals surface area contributed by atoms with Crippen molar-refractivity contribution in [3.8, 4) is 5.75 Å². The zero-order chi connectivity index (χ0) is 15.4. The lowest BCUT2D eigenvalue weighted by Crippen LogP contribution is -2.15. The van der Waals surface area contributed by atoms with Gasteiger partial charge in [0.05, 0.1) is 5.75 Å². The Kier molecular flexibility index (Phi) is 4.06. The summed E-state index contributed by atoms with van der Waals surface area (Å²) in [7, 11) is -3.66. The highest BCUT2D eigenvalue weighted by molar-refractivity contribution is 7.87. The Morgan fingerprint density at radius 3 is 2.50 bits per heavy atom. The third kappa shape index (κ3) is 3.43. The van der Waals surface area contributed by atoms with E-state index in [1.165, 1.54) is 0 Å². The number of aromatic nitrogens is 1. The molecular formula is C17H15NO3S. The van der Waals surface area contributed by atoms with E-state index in [0.717, 1.165) is 10.9 Å². The average Bonchev–Trinajstić information content (AvgIpc) is 2.54. The molecule has 0 aliphatic rings. The minimum atomic E-state index is -3.66. The van der Waals surface area contributed by atoms with Gasteiger partial charge in [0.1, 0.15) is 5.52 Å². The molecule has 0 amide bonds. The molecule has 0 saturated heterocycles. The van der Waals surface area contributed by atoms with Crippen molar-refractivity contribution in [3.63, 3.8) is 0 Å². The van der Waals surface area contributed by atoms with Crippen LogP contribution in [-0.2, 0) is 16.5 Å². The lowest BCUT2D eigenvalue weighted by Gasteiger charge is -2.09. The Morgan fingerprint density at radius 2 is 1.68 bits per heavy atom. The van der Waals surface area contributed by atoms with Gasteiger partial charge in [0.25, 0.3) is 0 Å². The van der Waals surface area contributed by atoms with E-state index in [9.17, 15) is 8.42 Å². The zero-order valence-corrected chi connectivity index (χ0v) is 12.7. The van der Waals surface area contributed by atoms with Crippen molar-refractivity contribution in [2.24, 2.45) is 0 Å².